The highest BCUT2D eigenvalue weighted by Crippen LogP contribution is 2.32. The fourth-order valence-electron chi connectivity index (χ4n) is 2.37. The van der Waals surface area contributed by atoms with Crippen molar-refractivity contribution < 1.29 is 19.1 Å². The molecule has 1 fully saturated rings. The third-order valence-electron chi connectivity index (χ3n) is 3.56. The zero-order chi connectivity index (χ0) is 14.4. The van der Waals surface area contributed by atoms with Crippen molar-refractivity contribution in [2.75, 3.05) is 19.8 Å². The zero-order valence-electron chi connectivity index (χ0n) is 11.6. The summed E-state index contributed by atoms with van der Waals surface area (Å²) in [6.07, 6.45) is 2.89. The first kappa shape index (κ1) is 14.7. The van der Waals surface area contributed by atoms with Crippen LogP contribution in [0.3, 0.4) is 0 Å². The van der Waals surface area contributed by atoms with Gasteiger partial charge >= 0.3 is 5.97 Å². The van der Waals surface area contributed by atoms with E-state index in [0.29, 0.717) is 19.4 Å². The Hall–Kier alpha value is -1.75. The third kappa shape index (κ3) is 3.04. The molecule has 1 aromatic heterocycles. The number of nitrogens with zero attached hydrogens (tertiary/aromatic N) is 1. The second-order valence-electron chi connectivity index (χ2n) is 4.85. The van der Waals surface area contributed by atoms with Crippen molar-refractivity contribution in [2.24, 2.45) is 5.41 Å². The van der Waals surface area contributed by atoms with E-state index in [9.17, 15) is 9.59 Å². The maximum Gasteiger partial charge on any atom is 0.322 e. The van der Waals surface area contributed by atoms with Crippen LogP contribution in [0.25, 0.3) is 0 Å². The van der Waals surface area contributed by atoms with Crippen molar-refractivity contribution in [3.05, 3.63) is 30.1 Å². The van der Waals surface area contributed by atoms with Crippen molar-refractivity contribution >= 4 is 11.8 Å². The molecular formula is C15H19NO4. The Balaban J connectivity index is 2.14. The topological polar surface area (TPSA) is 65.5 Å². The number of hydrogen-bond donors (Lipinski definition) is 0. The molecule has 0 bridgehead atoms. The average molecular weight is 277 g/mol. The van der Waals surface area contributed by atoms with Gasteiger partial charge in [-0.2, -0.15) is 0 Å². The summed E-state index contributed by atoms with van der Waals surface area (Å²) >= 11 is 0. The van der Waals surface area contributed by atoms with Crippen LogP contribution in [0.2, 0.25) is 0 Å². The molecule has 20 heavy (non-hydrogen) atoms. The van der Waals surface area contributed by atoms with Crippen LogP contribution in [0, 0.1) is 5.41 Å². The molecule has 1 saturated heterocycles. The van der Waals surface area contributed by atoms with Gasteiger partial charge in [0.05, 0.1) is 19.8 Å². The van der Waals surface area contributed by atoms with Gasteiger partial charge in [0.25, 0.3) is 0 Å². The highest BCUT2D eigenvalue weighted by molar-refractivity contribution is 6.04. The monoisotopic (exact) mass is 277 g/mol. The number of pyridine rings is 1. The van der Waals surface area contributed by atoms with Gasteiger partial charge in [-0.15, -0.1) is 0 Å². The van der Waals surface area contributed by atoms with Gasteiger partial charge in [-0.05, 0) is 31.9 Å². The standard InChI is InChI=1S/C15H19NO4/c1-2-20-14(18)15(11-19-10-7-13(15)17)8-6-12-5-3-4-9-16-12/h3-5,9H,2,6-8,10-11H2,1H3. The Morgan fingerprint density at radius 2 is 2.35 bits per heavy atom. The summed E-state index contributed by atoms with van der Waals surface area (Å²) < 4.78 is 10.5. The Morgan fingerprint density at radius 1 is 1.50 bits per heavy atom. The quantitative estimate of drug-likeness (QED) is 0.603. The largest absolute Gasteiger partial charge is 0.465 e. The molecule has 5 nitrogen and oxygen atoms in total. The molecule has 1 aliphatic heterocycles. The third-order valence-corrected chi connectivity index (χ3v) is 3.56. The van der Waals surface area contributed by atoms with E-state index in [0.717, 1.165) is 5.69 Å². The van der Waals surface area contributed by atoms with Crippen LogP contribution in [-0.2, 0) is 25.5 Å². The first-order valence-electron chi connectivity index (χ1n) is 6.87. The van der Waals surface area contributed by atoms with Crippen LogP contribution < -0.4 is 0 Å². The molecule has 0 saturated carbocycles. The first-order chi connectivity index (χ1) is 9.69. The minimum absolute atomic E-state index is 0.0851. The maximum absolute atomic E-state index is 12.3. The second kappa shape index (κ2) is 6.61. The zero-order valence-corrected chi connectivity index (χ0v) is 11.6. The van der Waals surface area contributed by atoms with Gasteiger partial charge in [0.15, 0.2) is 5.78 Å². The fraction of sp³-hybridized carbons (Fsp3) is 0.533. The summed E-state index contributed by atoms with van der Waals surface area (Å²) in [5.41, 5.74) is -0.305. The highest BCUT2D eigenvalue weighted by atomic mass is 16.5. The predicted octanol–water partition coefficient (Wildman–Crippen LogP) is 1.55. The first-order valence-corrected chi connectivity index (χ1v) is 6.87. The summed E-state index contributed by atoms with van der Waals surface area (Å²) in [4.78, 5) is 28.7. The lowest BCUT2D eigenvalue weighted by atomic mass is 9.77. The lowest BCUT2D eigenvalue weighted by Gasteiger charge is -2.33. The van der Waals surface area contributed by atoms with Crippen LogP contribution >= 0.6 is 0 Å². The number of carbonyl (C=O) groups is 2. The summed E-state index contributed by atoms with van der Waals surface area (Å²) in [6, 6.07) is 5.60. The number of aromatic nitrogens is 1. The smallest absolute Gasteiger partial charge is 0.322 e. The van der Waals surface area contributed by atoms with E-state index >= 15 is 0 Å². The molecule has 108 valence electrons. The Bertz CT molecular complexity index is 474. The number of ketones is 1. The molecule has 1 atom stereocenters. The molecule has 1 aliphatic rings. The molecule has 0 N–H and O–H groups in total. The maximum atomic E-state index is 12.3. The van der Waals surface area contributed by atoms with E-state index in [2.05, 4.69) is 4.98 Å². The van der Waals surface area contributed by atoms with E-state index in [-0.39, 0.29) is 25.4 Å². The summed E-state index contributed by atoms with van der Waals surface area (Å²) in [7, 11) is 0. The van der Waals surface area contributed by atoms with Crippen LogP contribution in [0.4, 0.5) is 0 Å². The van der Waals surface area contributed by atoms with Crippen molar-refractivity contribution in [2.45, 2.75) is 26.2 Å². The number of aryl methyl sites for hydroxylation is 1. The molecule has 0 spiro atoms. The molecule has 0 aromatic carbocycles. The molecule has 1 unspecified atom stereocenters. The molecule has 5 heteroatoms. The van der Waals surface area contributed by atoms with Gasteiger partial charge in [0.1, 0.15) is 5.41 Å². The Kier molecular flexibility index (Phi) is 4.84. The number of rotatable bonds is 5. The minimum Gasteiger partial charge on any atom is -0.465 e. The van der Waals surface area contributed by atoms with E-state index in [1.165, 1.54) is 0 Å². The van der Waals surface area contributed by atoms with Gasteiger partial charge in [-0.25, -0.2) is 0 Å². The van der Waals surface area contributed by atoms with Crippen LogP contribution in [0.5, 0.6) is 0 Å². The van der Waals surface area contributed by atoms with Crippen LogP contribution in [0.15, 0.2) is 24.4 Å². The number of carbonyl (C=O) groups excluding carboxylic acids is 2. The van der Waals surface area contributed by atoms with Crippen molar-refractivity contribution in [1.82, 2.24) is 4.98 Å². The number of ether oxygens (including phenoxy) is 2. The molecule has 0 radical (unpaired) electrons. The average Bonchev–Trinajstić information content (AvgIpc) is 2.48. The van der Waals surface area contributed by atoms with Gasteiger partial charge in [0, 0.05) is 18.3 Å². The minimum atomic E-state index is -1.16. The number of hydrogen-bond acceptors (Lipinski definition) is 5. The molecule has 0 amide bonds. The van der Waals surface area contributed by atoms with E-state index in [1.807, 2.05) is 18.2 Å². The summed E-state index contributed by atoms with van der Waals surface area (Å²) in [6.45, 7) is 2.48. The lowest BCUT2D eigenvalue weighted by molar-refractivity contribution is -0.169. The van der Waals surface area contributed by atoms with Gasteiger partial charge in [0.2, 0.25) is 0 Å². The van der Waals surface area contributed by atoms with Crippen LogP contribution in [0.1, 0.15) is 25.5 Å². The number of esters is 1. The highest BCUT2D eigenvalue weighted by Gasteiger charge is 2.48. The molecular weight excluding hydrogens is 258 g/mol. The Labute approximate surface area is 118 Å². The van der Waals surface area contributed by atoms with Gasteiger partial charge < -0.3 is 9.47 Å². The Morgan fingerprint density at radius 3 is 3.00 bits per heavy atom. The lowest BCUT2D eigenvalue weighted by Crippen LogP contribution is -2.48. The van der Waals surface area contributed by atoms with E-state index in [4.69, 9.17) is 9.47 Å². The SMILES string of the molecule is CCOC(=O)C1(CCc2ccccn2)COCCC1=O. The van der Waals surface area contributed by atoms with Gasteiger partial charge in [-0.1, -0.05) is 6.07 Å². The second-order valence-corrected chi connectivity index (χ2v) is 4.85. The van der Waals surface area contributed by atoms with Crippen molar-refractivity contribution in [3.63, 3.8) is 0 Å². The number of Topliss-reactive ketones (excluding diaryl/α,β-unsaturated/α-hetero) is 1. The van der Waals surface area contributed by atoms with Crippen molar-refractivity contribution in [1.29, 1.82) is 0 Å². The predicted molar refractivity (Wildman–Crippen MR) is 72.1 cm³/mol. The van der Waals surface area contributed by atoms with Crippen molar-refractivity contribution in [3.8, 4) is 0 Å². The normalized spacial score (nSPS) is 22.6. The van der Waals surface area contributed by atoms with Crippen LogP contribution in [-0.4, -0.2) is 36.6 Å². The molecule has 2 heterocycles. The summed E-state index contributed by atoms with van der Waals surface area (Å²) in [5, 5.41) is 0. The molecule has 1 aromatic rings. The fourth-order valence-corrected chi connectivity index (χ4v) is 2.37. The molecule has 0 aliphatic carbocycles. The van der Waals surface area contributed by atoms with Gasteiger partial charge in [-0.3, -0.25) is 14.6 Å². The summed E-state index contributed by atoms with van der Waals surface area (Å²) in [5.74, 6) is -0.557. The van der Waals surface area contributed by atoms with E-state index < -0.39 is 11.4 Å². The molecule has 2 rings (SSSR count). The van der Waals surface area contributed by atoms with E-state index in [1.54, 1.807) is 13.1 Å².